The number of halogens is 1. The molecule has 1 aromatic heterocycles. The van der Waals surface area contributed by atoms with Gasteiger partial charge in [-0.3, -0.25) is 9.59 Å². The van der Waals surface area contributed by atoms with Gasteiger partial charge < -0.3 is 10.2 Å². The van der Waals surface area contributed by atoms with E-state index >= 15 is 0 Å². The number of benzene rings is 1. The lowest BCUT2D eigenvalue weighted by molar-refractivity contribution is -0.123. The molecule has 0 aliphatic carbocycles. The van der Waals surface area contributed by atoms with E-state index in [0.717, 1.165) is 10.1 Å². The van der Waals surface area contributed by atoms with Crippen LogP contribution in [0.4, 0.5) is 4.39 Å². The van der Waals surface area contributed by atoms with Gasteiger partial charge in [0.05, 0.1) is 11.4 Å². The van der Waals surface area contributed by atoms with E-state index in [1.807, 2.05) is 0 Å². The molecule has 0 atom stereocenters. The number of amides is 2. The average molecular weight is 278 g/mol. The molecule has 98 valence electrons. The first-order valence-electron chi connectivity index (χ1n) is 5.88. The topological polar surface area (TPSA) is 49.4 Å². The van der Waals surface area contributed by atoms with Crippen molar-refractivity contribution in [2.75, 3.05) is 19.6 Å². The molecule has 0 spiro atoms. The molecule has 1 N–H and O–H groups in total. The molecule has 0 radical (unpaired) electrons. The predicted octanol–water partition coefficient (Wildman–Crippen LogP) is 1.61. The summed E-state index contributed by atoms with van der Waals surface area (Å²) in [5.41, 5.74) is 0. The number of hydrogen-bond acceptors (Lipinski definition) is 3. The van der Waals surface area contributed by atoms with Gasteiger partial charge in [-0.1, -0.05) is 6.07 Å². The molecule has 3 rings (SSSR count). The zero-order valence-corrected chi connectivity index (χ0v) is 10.8. The summed E-state index contributed by atoms with van der Waals surface area (Å²) >= 11 is 1.25. The van der Waals surface area contributed by atoms with Crippen LogP contribution in [0.2, 0.25) is 0 Å². The first kappa shape index (κ1) is 12.1. The molecule has 1 aliphatic rings. The second-order valence-corrected chi connectivity index (χ2v) is 5.45. The summed E-state index contributed by atoms with van der Waals surface area (Å²) in [5, 5.41) is 3.52. The van der Waals surface area contributed by atoms with Crippen molar-refractivity contribution in [2.45, 2.75) is 0 Å². The summed E-state index contributed by atoms with van der Waals surface area (Å²) in [7, 11) is 0. The van der Waals surface area contributed by atoms with Crippen molar-refractivity contribution in [1.29, 1.82) is 0 Å². The first-order chi connectivity index (χ1) is 9.13. The second kappa shape index (κ2) is 4.62. The number of hydrogen-bond donors (Lipinski definition) is 1. The van der Waals surface area contributed by atoms with E-state index < -0.39 is 0 Å². The van der Waals surface area contributed by atoms with Crippen LogP contribution in [0, 0.1) is 5.82 Å². The summed E-state index contributed by atoms with van der Waals surface area (Å²) in [6.45, 7) is 1.07. The van der Waals surface area contributed by atoms with Crippen LogP contribution in [0.5, 0.6) is 0 Å². The molecule has 1 aliphatic heterocycles. The number of nitrogens with one attached hydrogen (secondary N) is 1. The number of thiophene rings is 1. The van der Waals surface area contributed by atoms with Crippen LogP contribution < -0.4 is 5.32 Å². The number of rotatable bonds is 1. The van der Waals surface area contributed by atoms with Crippen molar-refractivity contribution in [3.8, 4) is 0 Å². The third-order valence-corrected chi connectivity index (χ3v) is 4.10. The minimum Gasteiger partial charge on any atom is -0.353 e. The van der Waals surface area contributed by atoms with Crippen molar-refractivity contribution >= 4 is 33.2 Å². The Morgan fingerprint density at radius 3 is 3.00 bits per heavy atom. The van der Waals surface area contributed by atoms with Crippen LogP contribution in [0.3, 0.4) is 0 Å². The molecule has 6 heteroatoms. The number of nitrogens with zero attached hydrogens (tertiary/aromatic N) is 1. The molecule has 1 fully saturated rings. The van der Waals surface area contributed by atoms with Gasteiger partial charge in [-0.15, -0.1) is 11.3 Å². The lowest BCUT2D eigenvalue weighted by atomic mass is 10.2. The number of piperazine rings is 1. The standard InChI is InChI=1S/C13H11FN2O2S/c14-9-2-1-8-5-11(19-10(8)6-9)13(18)16-4-3-15-12(17)7-16/h1-2,5-6H,3-4,7H2,(H,15,17). The third kappa shape index (κ3) is 2.31. The zero-order valence-electron chi connectivity index (χ0n) is 9.98. The molecule has 1 aromatic carbocycles. The van der Waals surface area contributed by atoms with Crippen molar-refractivity contribution in [3.05, 3.63) is 35.0 Å². The van der Waals surface area contributed by atoms with Gasteiger partial charge in [-0.2, -0.15) is 0 Å². The highest BCUT2D eigenvalue weighted by Gasteiger charge is 2.23. The van der Waals surface area contributed by atoms with Crippen molar-refractivity contribution < 1.29 is 14.0 Å². The van der Waals surface area contributed by atoms with Gasteiger partial charge in [0, 0.05) is 17.8 Å². The monoisotopic (exact) mass is 278 g/mol. The summed E-state index contributed by atoms with van der Waals surface area (Å²) in [6, 6.07) is 6.19. The average Bonchev–Trinajstić information content (AvgIpc) is 2.80. The minimum absolute atomic E-state index is 0.0848. The van der Waals surface area contributed by atoms with Crippen LogP contribution in [0.25, 0.3) is 10.1 Å². The van der Waals surface area contributed by atoms with Crippen LogP contribution in [0.15, 0.2) is 24.3 Å². The fraction of sp³-hybridized carbons (Fsp3) is 0.231. The van der Waals surface area contributed by atoms with Crippen molar-refractivity contribution in [2.24, 2.45) is 0 Å². The van der Waals surface area contributed by atoms with E-state index in [-0.39, 0.29) is 24.2 Å². The van der Waals surface area contributed by atoms with Crippen LogP contribution in [-0.2, 0) is 4.79 Å². The Morgan fingerprint density at radius 1 is 1.37 bits per heavy atom. The maximum atomic E-state index is 13.1. The van der Waals surface area contributed by atoms with E-state index in [0.29, 0.717) is 18.0 Å². The Balaban J connectivity index is 1.90. The highest BCUT2D eigenvalue weighted by Crippen LogP contribution is 2.27. The molecule has 0 bridgehead atoms. The molecule has 2 heterocycles. The number of carbonyl (C=O) groups excluding carboxylic acids is 2. The summed E-state index contributed by atoms with van der Waals surface area (Å²) in [4.78, 5) is 25.6. The molecule has 19 heavy (non-hydrogen) atoms. The Labute approximate surface area is 112 Å². The van der Waals surface area contributed by atoms with Gasteiger partial charge in [0.2, 0.25) is 5.91 Å². The van der Waals surface area contributed by atoms with Crippen LogP contribution in [0.1, 0.15) is 9.67 Å². The lowest BCUT2D eigenvalue weighted by Crippen LogP contribution is -2.49. The second-order valence-electron chi connectivity index (χ2n) is 4.37. The smallest absolute Gasteiger partial charge is 0.264 e. The number of carbonyl (C=O) groups is 2. The van der Waals surface area contributed by atoms with Crippen molar-refractivity contribution in [1.82, 2.24) is 10.2 Å². The van der Waals surface area contributed by atoms with E-state index in [9.17, 15) is 14.0 Å². The fourth-order valence-electron chi connectivity index (χ4n) is 2.08. The SMILES string of the molecule is O=C1CN(C(=O)c2cc3ccc(F)cc3s2)CCN1. The molecule has 1 saturated heterocycles. The highest BCUT2D eigenvalue weighted by molar-refractivity contribution is 7.20. The molecular weight excluding hydrogens is 267 g/mol. The van der Waals surface area contributed by atoms with Gasteiger partial charge in [-0.05, 0) is 23.6 Å². The minimum atomic E-state index is -0.314. The molecular formula is C13H11FN2O2S. The molecule has 0 unspecified atom stereocenters. The Hall–Kier alpha value is -1.95. The normalized spacial score (nSPS) is 15.6. The van der Waals surface area contributed by atoms with E-state index in [1.165, 1.54) is 28.4 Å². The largest absolute Gasteiger partial charge is 0.353 e. The van der Waals surface area contributed by atoms with Crippen molar-refractivity contribution in [3.63, 3.8) is 0 Å². The molecule has 2 aromatic rings. The van der Waals surface area contributed by atoms with E-state index in [1.54, 1.807) is 12.1 Å². The van der Waals surface area contributed by atoms with Crippen LogP contribution >= 0.6 is 11.3 Å². The maximum absolute atomic E-state index is 13.1. The predicted molar refractivity (Wildman–Crippen MR) is 70.7 cm³/mol. The summed E-state index contributed by atoms with van der Waals surface area (Å²) in [5.74, 6) is -0.631. The Morgan fingerprint density at radius 2 is 2.21 bits per heavy atom. The summed E-state index contributed by atoms with van der Waals surface area (Å²) in [6.07, 6.45) is 0. The van der Waals surface area contributed by atoms with Gasteiger partial charge in [0.25, 0.3) is 5.91 Å². The van der Waals surface area contributed by atoms with Gasteiger partial charge >= 0.3 is 0 Å². The fourth-order valence-corrected chi connectivity index (χ4v) is 3.13. The molecule has 4 nitrogen and oxygen atoms in total. The quantitative estimate of drug-likeness (QED) is 0.861. The summed E-state index contributed by atoms with van der Waals surface area (Å²) < 4.78 is 13.9. The maximum Gasteiger partial charge on any atom is 0.264 e. The highest BCUT2D eigenvalue weighted by atomic mass is 32.1. The third-order valence-electron chi connectivity index (χ3n) is 3.02. The van der Waals surface area contributed by atoms with Gasteiger partial charge in [0.15, 0.2) is 0 Å². The Kier molecular flexibility index (Phi) is 2.94. The molecule has 2 amide bonds. The van der Waals surface area contributed by atoms with Gasteiger partial charge in [0.1, 0.15) is 5.82 Å². The van der Waals surface area contributed by atoms with E-state index in [4.69, 9.17) is 0 Å². The molecule has 0 saturated carbocycles. The number of fused-ring (bicyclic) bond motifs is 1. The lowest BCUT2D eigenvalue weighted by Gasteiger charge is -2.26. The van der Waals surface area contributed by atoms with E-state index in [2.05, 4.69) is 5.32 Å². The Bertz CT molecular complexity index is 668. The first-order valence-corrected chi connectivity index (χ1v) is 6.70. The van der Waals surface area contributed by atoms with Crippen LogP contribution in [-0.4, -0.2) is 36.3 Å². The van der Waals surface area contributed by atoms with Gasteiger partial charge in [-0.25, -0.2) is 4.39 Å². The zero-order chi connectivity index (χ0) is 13.4.